The zero-order chi connectivity index (χ0) is 12.3. The van der Waals surface area contributed by atoms with Crippen LogP contribution in [0.1, 0.15) is 5.56 Å². The second-order valence-corrected chi connectivity index (χ2v) is 4.13. The quantitative estimate of drug-likeness (QED) is 0.648. The standard InChI is InChI=1S/C11H8ClN3OS/c12-8-3-1-7(2-4-8)6-13-9-5-10(16)15-11(17)14-9/h1-6H,(H2,14,15,16,17)/b13-6+. The Kier molecular flexibility index (Phi) is 3.51. The van der Waals surface area contributed by atoms with E-state index in [0.29, 0.717) is 10.8 Å². The van der Waals surface area contributed by atoms with Crippen LogP contribution in [-0.4, -0.2) is 16.2 Å². The van der Waals surface area contributed by atoms with Crippen molar-refractivity contribution in [2.75, 3.05) is 0 Å². The Balaban J connectivity index is 2.28. The SMILES string of the molecule is O=c1cc(/N=C/c2ccc(Cl)cc2)[nH]c(=S)[nH]1. The average Bonchev–Trinajstić information content (AvgIpc) is 2.27. The molecule has 4 nitrogen and oxygen atoms in total. The van der Waals surface area contributed by atoms with Crippen molar-refractivity contribution in [3.8, 4) is 0 Å². The van der Waals surface area contributed by atoms with Crippen LogP contribution in [0.3, 0.4) is 0 Å². The van der Waals surface area contributed by atoms with Crippen LogP contribution >= 0.6 is 23.8 Å². The lowest BCUT2D eigenvalue weighted by molar-refractivity contribution is 1.08. The van der Waals surface area contributed by atoms with Gasteiger partial charge in [0.15, 0.2) is 4.77 Å². The zero-order valence-electron chi connectivity index (χ0n) is 8.61. The topological polar surface area (TPSA) is 61.0 Å². The highest BCUT2D eigenvalue weighted by atomic mass is 35.5. The van der Waals surface area contributed by atoms with Crippen LogP contribution in [0.15, 0.2) is 40.1 Å². The molecule has 0 fully saturated rings. The van der Waals surface area contributed by atoms with Crippen molar-refractivity contribution in [1.29, 1.82) is 0 Å². The molecule has 0 atom stereocenters. The molecule has 0 aliphatic heterocycles. The summed E-state index contributed by atoms with van der Waals surface area (Å²) < 4.78 is 0.251. The molecule has 0 amide bonds. The normalized spacial score (nSPS) is 10.9. The average molecular weight is 266 g/mol. The molecule has 1 aromatic heterocycles. The third kappa shape index (κ3) is 3.37. The molecule has 0 aliphatic rings. The Labute approximate surface area is 107 Å². The summed E-state index contributed by atoms with van der Waals surface area (Å²) in [6.45, 7) is 0. The van der Waals surface area contributed by atoms with E-state index in [4.69, 9.17) is 23.8 Å². The van der Waals surface area contributed by atoms with E-state index in [1.807, 2.05) is 12.1 Å². The molecule has 0 unspecified atom stereocenters. The molecule has 0 spiro atoms. The van der Waals surface area contributed by atoms with Gasteiger partial charge in [0, 0.05) is 17.3 Å². The lowest BCUT2D eigenvalue weighted by Crippen LogP contribution is -2.04. The molecule has 0 bridgehead atoms. The summed E-state index contributed by atoms with van der Waals surface area (Å²) in [5.74, 6) is 0.411. The lowest BCUT2D eigenvalue weighted by atomic mass is 10.2. The van der Waals surface area contributed by atoms with E-state index >= 15 is 0 Å². The monoisotopic (exact) mass is 265 g/mol. The molecular weight excluding hydrogens is 258 g/mol. The van der Waals surface area contributed by atoms with Crippen LogP contribution in [0.2, 0.25) is 5.02 Å². The number of nitrogens with one attached hydrogen (secondary N) is 2. The first kappa shape index (κ1) is 11.8. The fourth-order valence-corrected chi connectivity index (χ4v) is 1.55. The number of hydrogen-bond donors (Lipinski definition) is 2. The van der Waals surface area contributed by atoms with Gasteiger partial charge in [-0.25, -0.2) is 4.99 Å². The molecule has 0 radical (unpaired) electrons. The first-order chi connectivity index (χ1) is 8.13. The molecule has 0 aliphatic carbocycles. The number of H-pyrrole nitrogens is 2. The molecule has 0 saturated heterocycles. The molecular formula is C11H8ClN3OS. The summed E-state index contributed by atoms with van der Waals surface area (Å²) in [5, 5.41) is 0.665. The smallest absolute Gasteiger partial charge is 0.253 e. The number of aliphatic imine (C=N–C) groups is 1. The van der Waals surface area contributed by atoms with E-state index in [2.05, 4.69) is 15.0 Å². The van der Waals surface area contributed by atoms with Crippen LogP contribution in [0.5, 0.6) is 0 Å². The second kappa shape index (κ2) is 5.07. The van der Waals surface area contributed by atoms with Crippen molar-refractivity contribution in [1.82, 2.24) is 9.97 Å². The summed E-state index contributed by atoms with van der Waals surface area (Å²) in [4.78, 5) is 20.4. The van der Waals surface area contributed by atoms with Gasteiger partial charge in [0.2, 0.25) is 0 Å². The Bertz CT molecular complexity index is 629. The number of halogens is 1. The van der Waals surface area contributed by atoms with Gasteiger partial charge in [-0.2, -0.15) is 0 Å². The third-order valence-corrected chi connectivity index (χ3v) is 2.42. The van der Waals surface area contributed by atoms with Gasteiger partial charge in [0.05, 0.1) is 0 Å². The maximum atomic E-state index is 11.1. The largest absolute Gasteiger partial charge is 0.317 e. The van der Waals surface area contributed by atoms with Crippen molar-refractivity contribution in [3.05, 3.63) is 56.0 Å². The van der Waals surface area contributed by atoms with E-state index in [-0.39, 0.29) is 10.3 Å². The van der Waals surface area contributed by atoms with Gasteiger partial charge in [-0.05, 0) is 29.9 Å². The third-order valence-electron chi connectivity index (χ3n) is 1.97. The molecule has 1 aromatic carbocycles. The highest BCUT2D eigenvalue weighted by Crippen LogP contribution is 2.09. The first-order valence-corrected chi connectivity index (χ1v) is 5.55. The Morgan fingerprint density at radius 2 is 1.94 bits per heavy atom. The molecule has 1 heterocycles. The van der Waals surface area contributed by atoms with Crippen LogP contribution in [0.25, 0.3) is 0 Å². The van der Waals surface area contributed by atoms with Gasteiger partial charge >= 0.3 is 0 Å². The maximum Gasteiger partial charge on any atom is 0.253 e. The second-order valence-electron chi connectivity index (χ2n) is 3.28. The molecule has 86 valence electrons. The van der Waals surface area contributed by atoms with E-state index in [0.717, 1.165) is 5.56 Å². The molecule has 2 rings (SSSR count). The van der Waals surface area contributed by atoms with Crippen LogP contribution < -0.4 is 5.56 Å². The first-order valence-electron chi connectivity index (χ1n) is 4.77. The van der Waals surface area contributed by atoms with Gasteiger partial charge in [-0.1, -0.05) is 23.7 Å². The van der Waals surface area contributed by atoms with Crippen molar-refractivity contribution >= 4 is 35.9 Å². The van der Waals surface area contributed by atoms with E-state index in [1.165, 1.54) is 6.07 Å². The Morgan fingerprint density at radius 3 is 2.59 bits per heavy atom. The van der Waals surface area contributed by atoms with Crippen LogP contribution in [-0.2, 0) is 0 Å². The van der Waals surface area contributed by atoms with Gasteiger partial charge < -0.3 is 4.98 Å². The summed E-state index contributed by atoms with van der Waals surface area (Å²) in [7, 11) is 0. The summed E-state index contributed by atoms with van der Waals surface area (Å²) in [6.07, 6.45) is 1.62. The van der Waals surface area contributed by atoms with Crippen LogP contribution in [0, 0.1) is 4.77 Å². The molecule has 2 N–H and O–H groups in total. The number of nitrogens with zero attached hydrogens (tertiary/aromatic N) is 1. The molecule has 2 aromatic rings. The molecule has 17 heavy (non-hydrogen) atoms. The predicted octanol–water partition coefficient (Wildman–Crippen LogP) is 2.84. The summed E-state index contributed by atoms with van der Waals surface area (Å²) >= 11 is 10.6. The fraction of sp³-hybridized carbons (Fsp3) is 0. The summed E-state index contributed by atoms with van der Waals surface area (Å²) in [5.41, 5.74) is 0.603. The number of benzene rings is 1. The number of aromatic amines is 2. The number of hydrogen-bond acceptors (Lipinski definition) is 3. The Morgan fingerprint density at radius 1 is 1.24 bits per heavy atom. The van der Waals surface area contributed by atoms with E-state index < -0.39 is 0 Å². The van der Waals surface area contributed by atoms with Gasteiger partial charge in [-0.3, -0.25) is 9.78 Å². The highest BCUT2D eigenvalue weighted by Gasteiger charge is 1.92. The lowest BCUT2D eigenvalue weighted by Gasteiger charge is -1.94. The van der Waals surface area contributed by atoms with Crippen molar-refractivity contribution < 1.29 is 0 Å². The van der Waals surface area contributed by atoms with E-state index in [9.17, 15) is 4.79 Å². The molecule has 6 heteroatoms. The zero-order valence-corrected chi connectivity index (χ0v) is 10.2. The number of rotatable bonds is 2. The minimum absolute atomic E-state index is 0.251. The van der Waals surface area contributed by atoms with Gasteiger partial charge in [-0.15, -0.1) is 0 Å². The van der Waals surface area contributed by atoms with Crippen LogP contribution in [0.4, 0.5) is 5.82 Å². The fourth-order valence-electron chi connectivity index (χ4n) is 1.22. The minimum Gasteiger partial charge on any atom is -0.317 e. The highest BCUT2D eigenvalue weighted by molar-refractivity contribution is 7.71. The van der Waals surface area contributed by atoms with Gasteiger partial charge in [0.1, 0.15) is 5.82 Å². The number of aromatic nitrogens is 2. The van der Waals surface area contributed by atoms with Crippen molar-refractivity contribution in [2.24, 2.45) is 4.99 Å². The van der Waals surface area contributed by atoms with Crippen molar-refractivity contribution in [3.63, 3.8) is 0 Å². The minimum atomic E-state index is -0.281. The summed E-state index contributed by atoms with van der Waals surface area (Å²) in [6, 6.07) is 8.52. The molecule has 0 saturated carbocycles. The Hall–Kier alpha value is -1.72. The van der Waals surface area contributed by atoms with E-state index in [1.54, 1.807) is 18.3 Å². The van der Waals surface area contributed by atoms with Gasteiger partial charge in [0.25, 0.3) is 5.56 Å². The predicted molar refractivity (Wildman–Crippen MR) is 71.0 cm³/mol. The van der Waals surface area contributed by atoms with Crippen molar-refractivity contribution in [2.45, 2.75) is 0 Å². The maximum absolute atomic E-state index is 11.1.